The summed E-state index contributed by atoms with van der Waals surface area (Å²) in [5, 5.41) is 6.13. The lowest BCUT2D eigenvalue weighted by Crippen LogP contribution is -2.48. The van der Waals surface area contributed by atoms with E-state index in [1.54, 1.807) is 24.3 Å². The van der Waals surface area contributed by atoms with Crippen molar-refractivity contribution in [3.8, 4) is 11.4 Å². The molecule has 132 valence electrons. The Hall–Kier alpha value is -3.19. The molecule has 1 aliphatic rings. The lowest BCUT2D eigenvalue weighted by molar-refractivity contribution is 0.0941. The molecule has 0 radical (unpaired) electrons. The number of nitrogens with one attached hydrogen (secondary N) is 3. The quantitative estimate of drug-likeness (QED) is 0.556. The van der Waals surface area contributed by atoms with Crippen LogP contribution < -0.4 is 16.4 Å². The SMILES string of the molecule is NC(=O)c1cccc2[nH]c(-c3ccc(C(=O)NCC4CNC4)cc3)nc12. The molecule has 7 heteroatoms. The van der Waals surface area contributed by atoms with E-state index < -0.39 is 5.91 Å². The number of nitrogens with two attached hydrogens (primary N) is 1. The van der Waals surface area contributed by atoms with E-state index in [1.807, 2.05) is 18.2 Å². The van der Waals surface area contributed by atoms with Gasteiger partial charge in [0.2, 0.25) is 0 Å². The van der Waals surface area contributed by atoms with Crippen LogP contribution in [0.5, 0.6) is 0 Å². The first-order valence-corrected chi connectivity index (χ1v) is 8.49. The number of H-pyrrole nitrogens is 1. The summed E-state index contributed by atoms with van der Waals surface area (Å²) in [5.41, 5.74) is 8.51. The second-order valence-electron chi connectivity index (χ2n) is 6.46. The zero-order chi connectivity index (χ0) is 18.1. The molecule has 0 bridgehead atoms. The smallest absolute Gasteiger partial charge is 0.251 e. The highest BCUT2D eigenvalue weighted by atomic mass is 16.2. The molecule has 0 aliphatic carbocycles. The number of nitrogens with zero attached hydrogens (tertiary/aromatic N) is 1. The van der Waals surface area contributed by atoms with Gasteiger partial charge in [-0.05, 0) is 24.3 Å². The van der Waals surface area contributed by atoms with Gasteiger partial charge in [-0.2, -0.15) is 0 Å². The van der Waals surface area contributed by atoms with Crippen LogP contribution in [0.15, 0.2) is 42.5 Å². The lowest BCUT2D eigenvalue weighted by atomic mass is 10.0. The van der Waals surface area contributed by atoms with Crippen LogP contribution in [0.3, 0.4) is 0 Å². The van der Waals surface area contributed by atoms with E-state index in [4.69, 9.17) is 5.73 Å². The fourth-order valence-electron chi connectivity index (χ4n) is 2.98. The Morgan fingerprint density at radius 3 is 2.58 bits per heavy atom. The van der Waals surface area contributed by atoms with Crippen LogP contribution >= 0.6 is 0 Å². The van der Waals surface area contributed by atoms with Crippen LogP contribution in [0.2, 0.25) is 0 Å². The van der Waals surface area contributed by atoms with Gasteiger partial charge < -0.3 is 21.4 Å². The standard InChI is InChI=1S/C19H19N5O2/c20-17(25)14-2-1-3-15-16(14)24-18(23-15)12-4-6-13(7-5-12)19(26)22-10-11-8-21-9-11/h1-7,11,21H,8-10H2,(H2,20,25)(H,22,26)(H,23,24). The van der Waals surface area contributed by atoms with Gasteiger partial charge in [-0.3, -0.25) is 9.59 Å². The highest BCUT2D eigenvalue weighted by molar-refractivity contribution is 6.04. The van der Waals surface area contributed by atoms with Crippen molar-refractivity contribution in [1.29, 1.82) is 0 Å². The second-order valence-corrected chi connectivity index (χ2v) is 6.46. The number of carbonyl (C=O) groups excluding carboxylic acids is 2. The minimum Gasteiger partial charge on any atom is -0.366 e. The number of benzene rings is 2. The Bertz CT molecular complexity index is 973. The molecule has 0 spiro atoms. The molecule has 4 rings (SSSR count). The van der Waals surface area contributed by atoms with E-state index in [9.17, 15) is 9.59 Å². The molecule has 1 fully saturated rings. The van der Waals surface area contributed by atoms with Gasteiger partial charge in [0.1, 0.15) is 11.3 Å². The molecule has 2 heterocycles. The molecule has 0 atom stereocenters. The van der Waals surface area contributed by atoms with Gasteiger partial charge in [0, 0.05) is 36.7 Å². The Balaban J connectivity index is 1.54. The maximum absolute atomic E-state index is 12.2. The summed E-state index contributed by atoms with van der Waals surface area (Å²) >= 11 is 0. The molecule has 1 saturated heterocycles. The number of hydrogen-bond acceptors (Lipinski definition) is 4. The maximum Gasteiger partial charge on any atom is 0.251 e. The average molecular weight is 349 g/mol. The third-order valence-electron chi connectivity index (χ3n) is 4.62. The molecule has 5 N–H and O–H groups in total. The van der Waals surface area contributed by atoms with Gasteiger partial charge in [0.05, 0.1) is 11.1 Å². The molecule has 1 aliphatic heterocycles. The summed E-state index contributed by atoms with van der Waals surface area (Å²) in [6.07, 6.45) is 0. The van der Waals surface area contributed by atoms with Crippen molar-refractivity contribution in [3.05, 3.63) is 53.6 Å². The third kappa shape index (κ3) is 3.04. The van der Waals surface area contributed by atoms with Crippen LogP contribution in [-0.4, -0.2) is 41.4 Å². The fourth-order valence-corrected chi connectivity index (χ4v) is 2.98. The number of para-hydroxylation sites is 1. The molecule has 26 heavy (non-hydrogen) atoms. The number of imidazole rings is 1. The molecule has 0 unspecified atom stereocenters. The molecule has 3 aromatic rings. The molecule has 1 aromatic heterocycles. The number of hydrogen-bond donors (Lipinski definition) is 4. The molecular formula is C19H19N5O2. The van der Waals surface area contributed by atoms with E-state index in [0.717, 1.165) is 24.2 Å². The van der Waals surface area contributed by atoms with E-state index in [2.05, 4.69) is 20.6 Å². The number of primary amides is 1. The zero-order valence-electron chi connectivity index (χ0n) is 14.1. The first-order chi connectivity index (χ1) is 12.6. The van der Waals surface area contributed by atoms with Crippen LogP contribution in [0.1, 0.15) is 20.7 Å². The first-order valence-electron chi connectivity index (χ1n) is 8.49. The first kappa shape index (κ1) is 16.3. The summed E-state index contributed by atoms with van der Waals surface area (Å²) in [4.78, 5) is 31.4. The highest BCUT2D eigenvalue weighted by Crippen LogP contribution is 2.23. The normalized spacial score (nSPS) is 14.2. The molecule has 2 aromatic carbocycles. The van der Waals surface area contributed by atoms with Gasteiger partial charge in [0.15, 0.2) is 0 Å². The van der Waals surface area contributed by atoms with Crippen molar-refractivity contribution in [3.63, 3.8) is 0 Å². The van der Waals surface area contributed by atoms with Crippen LogP contribution in [0.25, 0.3) is 22.4 Å². The van der Waals surface area contributed by atoms with Gasteiger partial charge in [-0.1, -0.05) is 18.2 Å². The van der Waals surface area contributed by atoms with Crippen molar-refractivity contribution < 1.29 is 9.59 Å². The van der Waals surface area contributed by atoms with Gasteiger partial charge in [-0.15, -0.1) is 0 Å². The summed E-state index contributed by atoms with van der Waals surface area (Å²) in [5.74, 6) is 0.556. The van der Waals surface area contributed by atoms with Crippen LogP contribution in [-0.2, 0) is 0 Å². The Morgan fingerprint density at radius 2 is 1.92 bits per heavy atom. The van der Waals surface area contributed by atoms with Crippen molar-refractivity contribution >= 4 is 22.8 Å². The number of aromatic amines is 1. The number of carbonyl (C=O) groups is 2. The predicted molar refractivity (Wildman–Crippen MR) is 98.7 cm³/mol. The average Bonchev–Trinajstić information content (AvgIpc) is 3.04. The zero-order valence-corrected chi connectivity index (χ0v) is 14.1. The van der Waals surface area contributed by atoms with Crippen LogP contribution in [0, 0.1) is 5.92 Å². The predicted octanol–water partition coefficient (Wildman–Crippen LogP) is 1.28. The van der Waals surface area contributed by atoms with Crippen molar-refractivity contribution in [2.24, 2.45) is 11.7 Å². The van der Waals surface area contributed by atoms with Crippen molar-refractivity contribution in [2.45, 2.75) is 0 Å². The number of fused-ring (bicyclic) bond motifs is 1. The van der Waals surface area contributed by atoms with E-state index >= 15 is 0 Å². The molecule has 7 nitrogen and oxygen atoms in total. The van der Waals surface area contributed by atoms with Crippen LogP contribution in [0.4, 0.5) is 0 Å². The number of rotatable bonds is 5. The summed E-state index contributed by atoms with van der Waals surface area (Å²) < 4.78 is 0. The second kappa shape index (κ2) is 6.61. The van der Waals surface area contributed by atoms with Gasteiger partial charge in [-0.25, -0.2) is 4.98 Å². The number of aromatic nitrogens is 2. The molecule has 2 amide bonds. The highest BCUT2D eigenvalue weighted by Gasteiger charge is 2.18. The summed E-state index contributed by atoms with van der Waals surface area (Å²) in [6, 6.07) is 12.5. The van der Waals surface area contributed by atoms with E-state index in [-0.39, 0.29) is 5.91 Å². The largest absolute Gasteiger partial charge is 0.366 e. The minimum absolute atomic E-state index is 0.0796. The third-order valence-corrected chi connectivity index (χ3v) is 4.62. The monoisotopic (exact) mass is 349 g/mol. The summed E-state index contributed by atoms with van der Waals surface area (Å²) in [7, 11) is 0. The topological polar surface area (TPSA) is 113 Å². The van der Waals surface area contributed by atoms with Gasteiger partial charge >= 0.3 is 0 Å². The maximum atomic E-state index is 12.2. The van der Waals surface area contributed by atoms with E-state index in [0.29, 0.717) is 34.9 Å². The summed E-state index contributed by atoms with van der Waals surface area (Å²) in [6.45, 7) is 2.60. The van der Waals surface area contributed by atoms with Gasteiger partial charge in [0.25, 0.3) is 11.8 Å². The minimum atomic E-state index is -0.512. The van der Waals surface area contributed by atoms with Crippen molar-refractivity contribution in [2.75, 3.05) is 19.6 Å². The molecule has 0 saturated carbocycles. The Labute approximate surface area is 150 Å². The number of amides is 2. The Morgan fingerprint density at radius 1 is 1.15 bits per heavy atom. The lowest BCUT2D eigenvalue weighted by Gasteiger charge is -2.27. The van der Waals surface area contributed by atoms with E-state index in [1.165, 1.54) is 0 Å². The molecular weight excluding hydrogens is 330 g/mol. The fraction of sp³-hybridized carbons (Fsp3) is 0.211. The van der Waals surface area contributed by atoms with Crippen molar-refractivity contribution in [1.82, 2.24) is 20.6 Å². The Kier molecular flexibility index (Phi) is 4.14.